The number of phenols is 1. The van der Waals surface area contributed by atoms with E-state index in [1.54, 1.807) is 25.1 Å². The van der Waals surface area contributed by atoms with Gasteiger partial charge in [-0.2, -0.15) is 0 Å². The smallest absolute Gasteiger partial charge is 0.171 e. The van der Waals surface area contributed by atoms with Crippen LogP contribution in [0.4, 0.5) is 0 Å². The van der Waals surface area contributed by atoms with Crippen LogP contribution in [0.2, 0.25) is 0 Å². The van der Waals surface area contributed by atoms with Gasteiger partial charge in [0.2, 0.25) is 0 Å². The predicted molar refractivity (Wildman–Crippen MR) is 101 cm³/mol. The van der Waals surface area contributed by atoms with E-state index < -0.39 is 0 Å². The number of rotatable bonds is 3. The summed E-state index contributed by atoms with van der Waals surface area (Å²) in [4.78, 5) is 12.4. The first-order chi connectivity index (χ1) is 11.5. The molecule has 1 aliphatic rings. The lowest BCUT2D eigenvalue weighted by Crippen LogP contribution is -2.44. The fourth-order valence-corrected chi connectivity index (χ4v) is 3.35. The van der Waals surface area contributed by atoms with E-state index in [9.17, 15) is 9.90 Å². The van der Waals surface area contributed by atoms with Crippen LogP contribution in [0.5, 0.6) is 5.75 Å². The molecule has 1 atom stereocenters. The highest BCUT2D eigenvalue weighted by Gasteiger charge is 2.30. The lowest BCUT2D eigenvalue weighted by Gasteiger charge is -2.31. The quantitative estimate of drug-likeness (QED) is 0.683. The molecule has 24 heavy (non-hydrogen) atoms. The molecule has 0 radical (unpaired) electrons. The molecule has 1 aliphatic heterocycles. The minimum absolute atomic E-state index is 0.0504. The first-order valence-electron chi connectivity index (χ1n) is 7.34. The zero-order valence-corrected chi connectivity index (χ0v) is 15.2. The lowest BCUT2D eigenvalue weighted by atomic mass is 9.90. The molecule has 0 aromatic heterocycles. The number of carbonyl (C=O) groups is 1. The molecule has 122 valence electrons. The topological polar surface area (TPSA) is 61.4 Å². The highest BCUT2D eigenvalue weighted by Crippen LogP contribution is 2.34. The third-order valence-electron chi connectivity index (χ3n) is 3.82. The van der Waals surface area contributed by atoms with Gasteiger partial charge in [0, 0.05) is 5.57 Å². The fraction of sp³-hybridized carbons (Fsp3) is 0.111. The van der Waals surface area contributed by atoms with Gasteiger partial charge in [0.1, 0.15) is 5.75 Å². The monoisotopic (exact) mass is 402 g/mol. The van der Waals surface area contributed by atoms with Crippen LogP contribution < -0.4 is 10.6 Å². The van der Waals surface area contributed by atoms with E-state index in [4.69, 9.17) is 12.2 Å². The zero-order chi connectivity index (χ0) is 17.3. The second-order valence-corrected chi connectivity index (χ2v) is 6.72. The average Bonchev–Trinajstić information content (AvgIpc) is 2.57. The number of hydrogen-bond acceptors (Lipinski definition) is 3. The maximum Gasteiger partial charge on any atom is 0.171 e. The molecule has 6 heteroatoms. The molecule has 3 rings (SSSR count). The van der Waals surface area contributed by atoms with Gasteiger partial charge in [-0.3, -0.25) is 4.79 Å². The summed E-state index contributed by atoms with van der Waals surface area (Å²) in [6.45, 7) is 1.54. The van der Waals surface area contributed by atoms with Gasteiger partial charge in [-0.1, -0.05) is 36.4 Å². The number of ketones is 1. The summed E-state index contributed by atoms with van der Waals surface area (Å²) >= 11 is 8.65. The normalized spacial score (nSPS) is 17.2. The number of aromatic hydroxyl groups is 1. The summed E-state index contributed by atoms with van der Waals surface area (Å²) in [5, 5.41) is 16.4. The van der Waals surface area contributed by atoms with E-state index in [2.05, 4.69) is 26.6 Å². The third kappa shape index (κ3) is 3.20. The molecule has 1 heterocycles. The van der Waals surface area contributed by atoms with Gasteiger partial charge in [-0.15, -0.1) is 0 Å². The Morgan fingerprint density at radius 2 is 1.92 bits per heavy atom. The van der Waals surface area contributed by atoms with Crippen LogP contribution in [0.25, 0.3) is 5.70 Å². The Morgan fingerprint density at radius 3 is 2.54 bits per heavy atom. The number of nitrogens with one attached hydrogen (secondary N) is 2. The van der Waals surface area contributed by atoms with Gasteiger partial charge in [0.05, 0.1) is 16.2 Å². The lowest BCUT2D eigenvalue weighted by molar-refractivity contribution is -0.113. The van der Waals surface area contributed by atoms with E-state index in [1.807, 2.05) is 30.3 Å². The predicted octanol–water partition coefficient (Wildman–Crippen LogP) is 3.67. The minimum atomic E-state index is -0.386. The van der Waals surface area contributed by atoms with Gasteiger partial charge in [0.25, 0.3) is 0 Å². The molecular formula is C18H15BrN2O2S. The molecule has 0 amide bonds. The summed E-state index contributed by atoms with van der Waals surface area (Å²) in [5.74, 6) is 0.0949. The summed E-state index contributed by atoms with van der Waals surface area (Å²) < 4.78 is 0.565. The number of hydrogen-bond donors (Lipinski definition) is 3. The van der Waals surface area contributed by atoms with Crippen molar-refractivity contribution in [2.75, 3.05) is 0 Å². The standard InChI is InChI=1S/C18H15BrN2O2S/c1-10(22)15-16(11-5-3-2-4-6-11)20-18(24)21-17(15)12-7-8-14(23)13(19)9-12/h2-9,17,23H,1H3,(H2,20,21,24). The highest BCUT2D eigenvalue weighted by atomic mass is 79.9. The van der Waals surface area contributed by atoms with Crippen molar-refractivity contribution in [1.82, 2.24) is 10.6 Å². The molecule has 2 aromatic carbocycles. The molecule has 0 spiro atoms. The Kier molecular flexibility index (Phi) is 4.69. The van der Waals surface area contributed by atoms with Gasteiger partial charge < -0.3 is 15.7 Å². The summed E-state index contributed by atoms with van der Waals surface area (Å²) in [5.41, 5.74) is 3.05. The van der Waals surface area contributed by atoms with E-state index >= 15 is 0 Å². The molecule has 2 aromatic rings. The molecule has 0 bridgehead atoms. The number of carbonyl (C=O) groups excluding carboxylic acids is 1. The molecule has 1 unspecified atom stereocenters. The Labute approximate surface area is 153 Å². The summed E-state index contributed by atoms with van der Waals surface area (Å²) in [7, 11) is 0. The van der Waals surface area contributed by atoms with E-state index in [-0.39, 0.29) is 17.6 Å². The van der Waals surface area contributed by atoms with E-state index in [0.717, 1.165) is 11.1 Å². The average molecular weight is 403 g/mol. The largest absolute Gasteiger partial charge is 0.507 e. The third-order valence-corrected chi connectivity index (χ3v) is 4.67. The van der Waals surface area contributed by atoms with Crippen molar-refractivity contribution >= 4 is 44.7 Å². The van der Waals surface area contributed by atoms with Crippen molar-refractivity contribution in [2.45, 2.75) is 13.0 Å². The van der Waals surface area contributed by atoms with Gasteiger partial charge in [-0.05, 0) is 58.3 Å². The first kappa shape index (κ1) is 16.7. The van der Waals surface area contributed by atoms with Gasteiger partial charge in [-0.25, -0.2) is 0 Å². The van der Waals surface area contributed by atoms with Gasteiger partial charge >= 0.3 is 0 Å². The fourth-order valence-electron chi connectivity index (χ4n) is 2.73. The highest BCUT2D eigenvalue weighted by molar-refractivity contribution is 9.10. The SMILES string of the molecule is CC(=O)C1=C(c2ccccc2)NC(=S)NC1c1ccc(O)c(Br)c1. The van der Waals surface area contributed by atoms with Crippen LogP contribution in [0.15, 0.2) is 58.6 Å². The van der Waals surface area contributed by atoms with Crippen LogP contribution in [-0.4, -0.2) is 16.0 Å². The van der Waals surface area contributed by atoms with Crippen molar-refractivity contribution in [3.63, 3.8) is 0 Å². The Morgan fingerprint density at radius 1 is 1.21 bits per heavy atom. The molecule has 0 aliphatic carbocycles. The Bertz CT molecular complexity index is 849. The molecule has 3 N–H and O–H groups in total. The Hall–Kier alpha value is -2.18. The maximum absolute atomic E-state index is 12.4. The summed E-state index contributed by atoms with van der Waals surface area (Å²) in [6.07, 6.45) is 0. The zero-order valence-electron chi connectivity index (χ0n) is 12.8. The summed E-state index contributed by atoms with van der Waals surface area (Å²) in [6, 6.07) is 14.4. The van der Waals surface area contributed by atoms with Crippen LogP contribution in [0.3, 0.4) is 0 Å². The number of benzene rings is 2. The second-order valence-electron chi connectivity index (χ2n) is 5.45. The van der Waals surface area contributed by atoms with Crippen molar-refractivity contribution < 1.29 is 9.90 Å². The number of Topliss-reactive ketones (excluding diaryl/α,β-unsaturated/α-hetero) is 1. The van der Waals surface area contributed by atoms with Gasteiger partial charge in [0.15, 0.2) is 10.9 Å². The van der Waals surface area contributed by atoms with Crippen molar-refractivity contribution in [1.29, 1.82) is 0 Å². The van der Waals surface area contributed by atoms with Crippen molar-refractivity contribution in [3.05, 3.63) is 69.7 Å². The molecule has 4 nitrogen and oxygen atoms in total. The second kappa shape index (κ2) is 6.75. The van der Waals surface area contributed by atoms with E-state index in [1.165, 1.54) is 0 Å². The van der Waals surface area contributed by atoms with Crippen LogP contribution in [0, 0.1) is 0 Å². The van der Waals surface area contributed by atoms with Crippen LogP contribution in [0.1, 0.15) is 24.1 Å². The first-order valence-corrected chi connectivity index (χ1v) is 8.54. The number of thiocarbonyl (C=S) groups is 1. The molecular weight excluding hydrogens is 388 g/mol. The minimum Gasteiger partial charge on any atom is -0.507 e. The van der Waals surface area contributed by atoms with Crippen molar-refractivity contribution in [3.8, 4) is 5.75 Å². The molecule has 0 saturated carbocycles. The Balaban J connectivity index is 2.18. The molecule has 0 fully saturated rings. The number of halogens is 1. The van der Waals surface area contributed by atoms with E-state index in [0.29, 0.717) is 20.9 Å². The van der Waals surface area contributed by atoms with Crippen molar-refractivity contribution in [2.24, 2.45) is 0 Å². The van der Waals surface area contributed by atoms with Crippen LogP contribution in [-0.2, 0) is 4.79 Å². The van der Waals surface area contributed by atoms with Crippen LogP contribution >= 0.6 is 28.1 Å². The maximum atomic E-state index is 12.4. The molecule has 0 saturated heterocycles. The number of phenolic OH excluding ortho intramolecular Hbond substituents is 1.